The third-order valence-electron chi connectivity index (χ3n) is 3.22. The van der Waals surface area contributed by atoms with Crippen molar-refractivity contribution in [2.24, 2.45) is 0 Å². The molecule has 1 aromatic rings. The molecule has 0 unspecified atom stereocenters. The highest BCUT2D eigenvalue weighted by Crippen LogP contribution is 2.29. The molecule has 2 rings (SSSR count). The summed E-state index contributed by atoms with van der Waals surface area (Å²) in [5.74, 6) is -0.171. The quantitative estimate of drug-likeness (QED) is 0.823. The number of aliphatic hydroxyl groups is 1. The number of likely N-dealkylation sites (tertiary alicyclic amines) is 1. The Morgan fingerprint density at radius 2 is 2.22 bits per heavy atom. The van der Waals surface area contributed by atoms with E-state index in [9.17, 15) is 9.90 Å². The normalized spacial score (nSPS) is 17.4. The van der Waals surface area contributed by atoms with Gasteiger partial charge in [-0.1, -0.05) is 24.9 Å². The van der Waals surface area contributed by atoms with Crippen molar-refractivity contribution >= 4 is 23.2 Å². The maximum Gasteiger partial charge on any atom is 0.256 e. The summed E-state index contributed by atoms with van der Waals surface area (Å²) in [7, 11) is 0. The van der Waals surface area contributed by atoms with Crippen LogP contribution in [0.3, 0.4) is 0 Å². The van der Waals surface area contributed by atoms with E-state index in [1.54, 1.807) is 23.1 Å². The average molecular weight is 269 g/mol. The van der Waals surface area contributed by atoms with Gasteiger partial charge >= 0.3 is 0 Å². The maximum absolute atomic E-state index is 12.2. The van der Waals surface area contributed by atoms with E-state index in [1.807, 2.05) is 6.92 Å². The van der Waals surface area contributed by atoms with Gasteiger partial charge in [-0.15, -0.1) is 0 Å². The minimum Gasteiger partial charge on any atom is -0.398 e. The Morgan fingerprint density at radius 1 is 1.56 bits per heavy atom. The van der Waals surface area contributed by atoms with Crippen molar-refractivity contribution in [3.63, 3.8) is 0 Å². The minimum atomic E-state index is -0.724. The van der Waals surface area contributed by atoms with Gasteiger partial charge in [-0.3, -0.25) is 4.79 Å². The van der Waals surface area contributed by atoms with Gasteiger partial charge in [-0.2, -0.15) is 0 Å². The van der Waals surface area contributed by atoms with Crippen LogP contribution in [0.2, 0.25) is 5.02 Å². The van der Waals surface area contributed by atoms with Gasteiger partial charge in [0, 0.05) is 10.7 Å². The molecule has 1 aromatic carbocycles. The second-order valence-corrected chi connectivity index (χ2v) is 5.30. The number of nitrogens with two attached hydrogens (primary N) is 1. The molecule has 0 atom stereocenters. The van der Waals surface area contributed by atoms with E-state index in [1.165, 1.54) is 0 Å². The van der Waals surface area contributed by atoms with Crippen LogP contribution in [0, 0.1) is 0 Å². The third-order valence-corrected chi connectivity index (χ3v) is 3.45. The summed E-state index contributed by atoms with van der Waals surface area (Å²) >= 11 is 5.86. The first-order valence-electron chi connectivity index (χ1n) is 6.02. The van der Waals surface area contributed by atoms with Gasteiger partial charge in [0.25, 0.3) is 5.91 Å². The van der Waals surface area contributed by atoms with Crippen LogP contribution >= 0.6 is 11.6 Å². The SMILES string of the molecule is CCCC1(O)CN(C(=O)c2cc(Cl)ccc2N)C1. The Labute approximate surface area is 111 Å². The van der Waals surface area contributed by atoms with Gasteiger partial charge in [-0.25, -0.2) is 0 Å². The molecule has 1 amide bonds. The number of anilines is 1. The number of hydrogen-bond acceptors (Lipinski definition) is 3. The van der Waals surface area contributed by atoms with Crippen molar-refractivity contribution in [2.75, 3.05) is 18.8 Å². The molecule has 4 nitrogen and oxygen atoms in total. The van der Waals surface area contributed by atoms with E-state index in [0.29, 0.717) is 35.8 Å². The standard InChI is InChI=1S/C13H17ClN2O2/c1-2-5-13(18)7-16(8-13)12(17)10-6-9(14)3-4-11(10)15/h3-4,6,18H,2,5,7-8,15H2,1H3. The molecule has 1 saturated heterocycles. The lowest BCUT2D eigenvalue weighted by Crippen LogP contribution is -2.63. The van der Waals surface area contributed by atoms with E-state index in [0.717, 1.165) is 6.42 Å². The molecule has 98 valence electrons. The fraction of sp³-hybridized carbons (Fsp3) is 0.462. The summed E-state index contributed by atoms with van der Waals surface area (Å²) in [6.45, 7) is 2.74. The molecule has 1 fully saturated rings. The molecular weight excluding hydrogens is 252 g/mol. The molecule has 3 N–H and O–H groups in total. The highest BCUT2D eigenvalue weighted by atomic mass is 35.5. The molecular formula is C13H17ClN2O2. The number of nitrogens with zero attached hydrogens (tertiary/aromatic N) is 1. The minimum absolute atomic E-state index is 0.171. The summed E-state index contributed by atoms with van der Waals surface area (Å²) in [5, 5.41) is 10.5. The zero-order chi connectivity index (χ0) is 13.3. The molecule has 1 aliphatic rings. The molecule has 0 bridgehead atoms. The van der Waals surface area contributed by atoms with Crippen LogP contribution in [0.4, 0.5) is 5.69 Å². The van der Waals surface area contributed by atoms with E-state index >= 15 is 0 Å². The zero-order valence-electron chi connectivity index (χ0n) is 10.3. The van der Waals surface area contributed by atoms with E-state index in [4.69, 9.17) is 17.3 Å². The predicted molar refractivity (Wildman–Crippen MR) is 71.6 cm³/mol. The van der Waals surface area contributed by atoms with Crippen molar-refractivity contribution in [1.82, 2.24) is 4.90 Å². The molecule has 0 radical (unpaired) electrons. The van der Waals surface area contributed by atoms with Crippen LogP contribution in [0.15, 0.2) is 18.2 Å². The molecule has 0 aromatic heterocycles. The van der Waals surface area contributed by atoms with Crippen LogP contribution in [0.1, 0.15) is 30.1 Å². The summed E-state index contributed by atoms with van der Waals surface area (Å²) < 4.78 is 0. The van der Waals surface area contributed by atoms with Gasteiger partial charge in [-0.05, 0) is 24.6 Å². The van der Waals surface area contributed by atoms with Gasteiger partial charge in [0.05, 0.1) is 24.3 Å². The lowest BCUT2D eigenvalue weighted by Gasteiger charge is -2.46. The van der Waals surface area contributed by atoms with Crippen molar-refractivity contribution in [3.05, 3.63) is 28.8 Å². The molecule has 18 heavy (non-hydrogen) atoms. The Hall–Kier alpha value is -1.26. The Morgan fingerprint density at radius 3 is 2.83 bits per heavy atom. The smallest absolute Gasteiger partial charge is 0.256 e. The van der Waals surface area contributed by atoms with E-state index in [-0.39, 0.29) is 5.91 Å². The van der Waals surface area contributed by atoms with Crippen LogP contribution in [0.25, 0.3) is 0 Å². The lowest BCUT2D eigenvalue weighted by molar-refractivity contribution is -0.0859. The molecule has 5 heteroatoms. The summed E-state index contributed by atoms with van der Waals surface area (Å²) in [6, 6.07) is 4.83. The van der Waals surface area contributed by atoms with E-state index < -0.39 is 5.60 Å². The van der Waals surface area contributed by atoms with Gasteiger partial charge in [0.2, 0.25) is 0 Å². The largest absolute Gasteiger partial charge is 0.398 e. The van der Waals surface area contributed by atoms with Crippen LogP contribution in [-0.4, -0.2) is 34.6 Å². The number of carbonyl (C=O) groups is 1. The monoisotopic (exact) mass is 268 g/mol. The Bertz CT molecular complexity index is 470. The van der Waals surface area contributed by atoms with Gasteiger partial charge in [0.1, 0.15) is 0 Å². The van der Waals surface area contributed by atoms with Gasteiger partial charge in [0.15, 0.2) is 0 Å². The van der Waals surface area contributed by atoms with Crippen molar-refractivity contribution in [3.8, 4) is 0 Å². The topological polar surface area (TPSA) is 66.6 Å². The maximum atomic E-state index is 12.2. The summed E-state index contributed by atoms with van der Waals surface area (Å²) in [4.78, 5) is 13.8. The fourth-order valence-electron chi connectivity index (χ4n) is 2.32. The summed E-state index contributed by atoms with van der Waals surface area (Å²) in [6.07, 6.45) is 1.61. The number of halogens is 1. The molecule has 1 aliphatic heterocycles. The Balaban J connectivity index is 2.08. The number of β-amino-alcohol motifs (C(OH)–C–C–N with tert-alkyl or cyclic N) is 1. The third kappa shape index (κ3) is 2.44. The van der Waals surface area contributed by atoms with E-state index in [2.05, 4.69) is 0 Å². The second kappa shape index (κ2) is 4.78. The van der Waals surface area contributed by atoms with Crippen molar-refractivity contribution < 1.29 is 9.90 Å². The second-order valence-electron chi connectivity index (χ2n) is 4.87. The first-order chi connectivity index (χ1) is 8.45. The highest BCUT2D eigenvalue weighted by Gasteiger charge is 2.43. The number of carbonyl (C=O) groups excluding carboxylic acids is 1. The van der Waals surface area contributed by atoms with Crippen molar-refractivity contribution in [2.45, 2.75) is 25.4 Å². The lowest BCUT2D eigenvalue weighted by atomic mass is 9.88. The molecule has 1 heterocycles. The number of hydrogen-bond donors (Lipinski definition) is 2. The highest BCUT2D eigenvalue weighted by molar-refractivity contribution is 6.31. The number of nitrogen functional groups attached to an aromatic ring is 1. The van der Waals surface area contributed by atoms with Crippen molar-refractivity contribution in [1.29, 1.82) is 0 Å². The molecule has 0 saturated carbocycles. The Kier molecular flexibility index (Phi) is 3.50. The predicted octanol–water partition coefficient (Wildman–Crippen LogP) is 1.91. The van der Waals surface area contributed by atoms with Crippen LogP contribution < -0.4 is 5.73 Å². The number of benzene rings is 1. The first kappa shape index (κ1) is 13.2. The first-order valence-corrected chi connectivity index (χ1v) is 6.40. The average Bonchev–Trinajstić information content (AvgIpc) is 2.28. The number of amides is 1. The van der Waals surface area contributed by atoms with Gasteiger partial charge < -0.3 is 15.7 Å². The van der Waals surface area contributed by atoms with Crippen LogP contribution in [-0.2, 0) is 0 Å². The zero-order valence-corrected chi connectivity index (χ0v) is 11.1. The fourth-order valence-corrected chi connectivity index (χ4v) is 2.49. The summed E-state index contributed by atoms with van der Waals surface area (Å²) in [5.41, 5.74) is 5.86. The molecule has 0 aliphatic carbocycles. The van der Waals surface area contributed by atoms with Crippen LogP contribution in [0.5, 0.6) is 0 Å². The molecule has 0 spiro atoms. The number of rotatable bonds is 3.